The number of benzene rings is 2. The highest BCUT2D eigenvalue weighted by atomic mass is 16.5. The Morgan fingerprint density at radius 2 is 1.96 bits per heavy atom. The molecule has 5 heteroatoms. The topological polar surface area (TPSA) is 68.5 Å². The molecule has 0 atom stereocenters. The Bertz CT molecular complexity index is 991. The average Bonchev–Trinajstić information content (AvgIpc) is 2.65. The third-order valence-electron chi connectivity index (χ3n) is 4.18. The first-order valence-electron chi connectivity index (χ1n) is 8.63. The summed E-state index contributed by atoms with van der Waals surface area (Å²) in [7, 11) is 1.54. The van der Waals surface area contributed by atoms with E-state index in [-0.39, 0.29) is 5.91 Å². The molecule has 1 N–H and O–H groups in total. The fourth-order valence-electron chi connectivity index (χ4n) is 2.79. The summed E-state index contributed by atoms with van der Waals surface area (Å²) in [5.41, 5.74) is 1.77. The highest BCUT2D eigenvalue weighted by Crippen LogP contribution is 2.30. The predicted octanol–water partition coefficient (Wildman–Crippen LogP) is 4.60. The van der Waals surface area contributed by atoms with E-state index >= 15 is 0 Å². The van der Waals surface area contributed by atoms with Gasteiger partial charge >= 0.3 is 5.63 Å². The number of hydrogen-bond acceptors (Lipinski definition) is 4. The molecule has 0 fully saturated rings. The number of carbonyl (C=O) groups excluding carboxylic acids is 1. The molecule has 134 valence electrons. The summed E-state index contributed by atoms with van der Waals surface area (Å²) in [6.45, 7) is 2.04. The van der Waals surface area contributed by atoms with Gasteiger partial charge in [0.15, 0.2) is 0 Å². The van der Waals surface area contributed by atoms with Crippen LogP contribution in [0.5, 0.6) is 5.75 Å². The van der Waals surface area contributed by atoms with Gasteiger partial charge < -0.3 is 14.5 Å². The van der Waals surface area contributed by atoms with Crippen LogP contribution in [0.2, 0.25) is 0 Å². The molecule has 3 rings (SSSR count). The lowest BCUT2D eigenvalue weighted by molar-refractivity contribution is -0.116. The monoisotopic (exact) mass is 351 g/mol. The van der Waals surface area contributed by atoms with E-state index in [0.29, 0.717) is 34.6 Å². The molecule has 1 amide bonds. The number of rotatable bonds is 6. The lowest BCUT2D eigenvalue weighted by Gasteiger charge is -2.12. The first-order chi connectivity index (χ1) is 12.6. The van der Waals surface area contributed by atoms with Gasteiger partial charge in [0.1, 0.15) is 11.3 Å². The number of nitrogens with one attached hydrogen (secondary N) is 1. The van der Waals surface area contributed by atoms with Gasteiger partial charge in [0.05, 0.1) is 18.4 Å². The Balaban J connectivity index is 2.01. The maximum Gasteiger partial charge on any atom is 0.344 e. The van der Waals surface area contributed by atoms with Gasteiger partial charge in [0.2, 0.25) is 5.91 Å². The molecule has 0 unspecified atom stereocenters. The molecule has 0 aliphatic heterocycles. The Morgan fingerprint density at radius 3 is 2.73 bits per heavy atom. The summed E-state index contributed by atoms with van der Waals surface area (Å²) in [5, 5.41) is 3.71. The van der Waals surface area contributed by atoms with Crippen molar-refractivity contribution < 1.29 is 13.9 Å². The van der Waals surface area contributed by atoms with Crippen molar-refractivity contribution >= 4 is 22.6 Å². The maximum atomic E-state index is 12.4. The number of fused-ring (bicyclic) bond motifs is 1. The Labute approximate surface area is 151 Å². The normalized spacial score (nSPS) is 10.7. The highest BCUT2D eigenvalue weighted by molar-refractivity contribution is 5.93. The number of methoxy groups -OCH3 is 1. The van der Waals surface area contributed by atoms with Crippen molar-refractivity contribution in [2.75, 3.05) is 12.4 Å². The zero-order valence-electron chi connectivity index (χ0n) is 14.9. The number of para-hydroxylation sites is 1. The zero-order chi connectivity index (χ0) is 18.5. The van der Waals surface area contributed by atoms with Crippen LogP contribution in [0.4, 0.5) is 5.69 Å². The van der Waals surface area contributed by atoms with E-state index in [4.69, 9.17) is 9.15 Å². The maximum absolute atomic E-state index is 12.4. The van der Waals surface area contributed by atoms with Crippen molar-refractivity contribution in [3.05, 3.63) is 59.0 Å². The number of unbranched alkanes of at least 4 members (excludes halogenated alkanes) is 1. The lowest BCUT2D eigenvalue weighted by Crippen LogP contribution is -2.12. The van der Waals surface area contributed by atoms with Crippen molar-refractivity contribution in [3.63, 3.8) is 0 Å². The molecule has 0 aliphatic rings. The number of hydrogen-bond donors (Lipinski definition) is 1. The first kappa shape index (κ1) is 17.7. The van der Waals surface area contributed by atoms with Crippen LogP contribution >= 0.6 is 0 Å². The van der Waals surface area contributed by atoms with E-state index in [1.165, 1.54) is 0 Å². The standard InChI is InChI=1S/C21H21NO4/c1-3-4-9-20(23)22-17-13-14(10-11-19(17)25-2)16-12-15-7-5-6-8-18(15)26-21(16)24/h5-8,10-13H,3-4,9H2,1-2H3,(H,22,23). The third kappa shape index (κ3) is 3.77. The predicted molar refractivity (Wildman–Crippen MR) is 103 cm³/mol. The van der Waals surface area contributed by atoms with Crippen LogP contribution in [0.15, 0.2) is 57.7 Å². The van der Waals surface area contributed by atoms with Crippen LogP contribution in [-0.4, -0.2) is 13.0 Å². The summed E-state index contributed by atoms with van der Waals surface area (Å²) >= 11 is 0. The van der Waals surface area contributed by atoms with Gasteiger partial charge in [-0.1, -0.05) is 37.6 Å². The fraction of sp³-hybridized carbons (Fsp3) is 0.238. The molecule has 0 saturated heterocycles. The second-order valence-electron chi connectivity index (χ2n) is 6.05. The molecule has 26 heavy (non-hydrogen) atoms. The zero-order valence-corrected chi connectivity index (χ0v) is 14.9. The van der Waals surface area contributed by atoms with Crippen molar-refractivity contribution in [2.24, 2.45) is 0 Å². The first-order valence-corrected chi connectivity index (χ1v) is 8.63. The minimum Gasteiger partial charge on any atom is -0.495 e. The molecule has 0 spiro atoms. The van der Waals surface area contributed by atoms with Gasteiger partial charge in [-0.05, 0) is 36.2 Å². The number of anilines is 1. The van der Waals surface area contributed by atoms with Crippen molar-refractivity contribution in [1.29, 1.82) is 0 Å². The van der Waals surface area contributed by atoms with Crippen molar-refractivity contribution in [3.8, 4) is 16.9 Å². The van der Waals surface area contributed by atoms with Gasteiger partial charge in [0, 0.05) is 11.8 Å². The van der Waals surface area contributed by atoms with Gasteiger partial charge in [0.25, 0.3) is 0 Å². The molecule has 0 radical (unpaired) electrons. The van der Waals surface area contributed by atoms with Crippen molar-refractivity contribution in [1.82, 2.24) is 0 Å². The number of ether oxygens (including phenoxy) is 1. The average molecular weight is 351 g/mol. The molecule has 1 heterocycles. The summed E-state index contributed by atoms with van der Waals surface area (Å²) in [4.78, 5) is 24.5. The molecular formula is C21H21NO4. The SMILES string of the molecule is CCCCC(=O)Nc1cc(-c2cc3ccccc3oc2=O)ccc1OC. The van der Waals surface area contributed by atoms with E-state index < -0.39 is 5.63 Å². The van der Waals surface area contributed by atoms with E-state index in [1.54, 1.807) is 37.4 Å². The third-order valence-corrected chi connectivity index (χ3v) is 4.18. The molecule has 0 bridgehead atoms. The quantitative estimate of drug-likeness (QED) is 0.659. The molecule has 0 aliphatic carbocycles. The fourth-order valence-corrected chi connectivity index (χ4v) is 2.79. The van der Waals surface area contributed by atoms with Crippen LogP contribution < -0.4 is 15.7 Å². The minimum absolute atomic E-state index is 0.0761. The van der Waals surface area contributed by atoms with Crippen LogP contribution in [0, 0.1) is 0 Å². The molecule has 0 saturated carbocycles. The molecular weight excluding hydrogens is 330 g/mol. The number of carbonyl (C=O) groups is 1. The van der Waals surface area contributed by atoms with E-state index in [2.05, 4.69) is 5.32 Å². The lowest BCUT2D eigenvalue weighted by atomic mass is 10.0. The van der Waals surface area contributed by atoms with Crippen molar-refractivity contribution in [2.45, 2.75) is 26.2 Å². The minimum atomic E-state index is -0.419. The van der Waals surface area contributed by atoms with E-state index in [1.807, 2.05) is 25.1 Å². The molecule has 2 aromatic carbocycles. The Morgan fingerprint density at radius 1 is 1.15 bits per heavy atom. The van der Waals surface area contributed by atoms with Crippen LogP contribution in [0.3, 0.4) is 0 Å². The summed E-state index contributed by atoms with van der Waals surface area (Å²) in [5.74, 6) is 0.469. The molecule has 3 aromatic rings. The second-order valence-corrected chi connectivity index (χ2v) is 6.05. The summed E-state index contributed by atoms with van der Waals surface area (Å²) < 4.78 is 10.7. The summed E-state index contributed by atoms with van der Waals surface area (Å²) in [6, 6.07) is 14.4. The van der Waals surface area contributed by atoms with E-state index in [9.17, 15) is 9.59 Å². The van der Waals surface area contributed by atoms with Crippen LogP contribution in [0.25, 0.3) is 22.1 Å². The van der Waals surface area contributed by atoms with Crippen LogP contribution in [0.1, 0.15) is 26.2 Å². The largest absolute Gasteiger partial charge is 0.495 e. The Hall–Kier alpha value is -3.08. The van der Waals surface area contributed by atoms with Crippen LogP contribution in [-0.2, 0) is 4.79 Å². The molecule has 5 nitrogen and oxygen atoms in total. The highest BCUT2D eigenvalue weighted by Gasteiger charge is 2.13. The van der Waals surface area contributed by atoms with Gasteiger partial charge in [-0.25, -0.2) is 4.79 Å². The summed E-state index contributed by atoms with van der Waals surface area (Å²) in [6.07, 6.45) is 2.22. The second kappa shape index (κ2) is 7.87. The Kier molecular flexibility index (Phi) is 5.37. The van der Waals surface area contributed by atoms with Gasteiger partial charge in [-0.2, -0.15) is 0 Å². The van der Waals surface area contributed by atoms with E-state index in [0.717, 1.165) is 18.2 Å². The van der Waals surface area contributed by atoms with Gasteiger partial charge in [-0.3, -0.25) is 4.79 Å². The number of amides is 1. The van der Waals surface area contributed by atoms with Gasteiger partial charge in [-0.15, -0.1) is 0 Å². The smallest absolute Gasteiger partial charge is 0.344 e. The molecule has 1 aromatic heterocycles.